The largest absolute Gasteiger partial charge is 0.443 e. The number of nitrogens with zero attached hydrogens (tertiary/aromatic N) is 4. The number of rotatable bonds is 3. The Balaban J connectivity index is 2.15. The average molecular weight is 462 g/mol. The summed E-state index contributed by atoms with van der Waals surface area (Å²) in [5.74, 6) is -0.549. The standard InChI is InChI=1S/C16H15BrClFN4O2S/c1-16(2,3)25-15(24)22(7-9-5-4-6-26-9)13-12-11(19)10(17)8-23(12)21-14(18)20-13/h4-6,8H,7H2,1-3H3. The van der Waals surface area contributed by atoms with Crippen LogP contribution in [-0.2, 0) is 11.3 Å². The number of halogens is 3. The lowest BCUT2D eigenvalue weighted by Gasteiger charge is -2.26. The first-order chi connectivity index (χ1) is 12.2. The van der Waals surface area contributed by atoms with Crippen molar-refractivity contribution in [1.82, 2.24) is 14.6 Å². The number of thiophene rings is 1. The van der Waals surface area contributed by atoms with Crippen molar-refractivity contribution in [3.8, 4) is 0 Å². The molecule has 10 heteroatoms. The second-order valence-corrected chi connectivity index (χ2v) is 8.66. The van der Waals surface area contributed by atoms with Crippen LogP contribution in [0.5, 0.6) is 0 Å². The molecular weight excluding hydrogens is 447 g/mol. The zero-order chi connectivity index (χ0) is 19.1. The molecular formula is C16H15BrClFN4O2S. The van der Waals surface area contributed by atoms with Crippen molar-refractivity contribution in [2.45, 2.75) is 32.9 Å². The predicted octanol–water partition coefficient (Wildman–Crippen LogP) is 5.29. The summed E-state index contributed by atoms with van der Waals surface area (Å²) in [5, 5.41) is 5.73. The van der Waals surface area contributed by atoms with Gasteiger partial charge in [-0.2, -0.15) is 4.98 Å². The highest BCUT2D eigenvalue weighted by molar-refractivity contribution is 9.10. The van der Waals surface area contributed by atoms with E-state index in [4.69, 9.17) is 16.3 Å². The average Bonchev–Trinajstić information content (AvgIpc) is 3.11. The number of ether oxygens (including phenoxy) is 1. The highest BCUT2D eigenvalue weighted by Gasteiger charge is 2.29. The number of hydrogen-bond donors (Lipinski definition) is 0. The lowest BCUT2D eigenvalue weighted by atomic mass is 10.2. The molecule has 0 aliphatic rings. The van der Waals surface area contributed by atoms with E-state index in [1.165, 1.54) is 26.9 Å². The summed E-state index contributed by atoms with van der Waals surface area (Å²) < 4.78 is 21.5. The maximum atomic E-state index is 14.6. The van der Waals surface area contributed by atoms with Gasteiger partial charge in [0, 0.05) is 11.1 Å². The van der Waals surface area contributed by atoms with E-state index < -0.39 is 17.5 Å². The third-order valence-electron chi connectivity index (χ3n) is 3.25. The molecule has 1 amide bonds. The van der Waals surface area contributed by atoms with Gasteiger partial charge in [0.2, 0.25) is 5.28 Å². The minimum atomic E-state index is -0.723. The van der Waals surface area contributed by atoms with Crippen molar-refractivity contribution in [1.29, 1.82) is 0 Å². The summed E-state index contributed by atoms with van der Waals surface area (Å²) >= 11 is 10.6. The summed E-state index contributed by atoms with van der Waals surface area (Å²) in [6, 6.07) is 3.73. The molecule has 0 bridgehead atoms. The second kappa shape index (κ2) is 7.13. The maximum Gasteiger partial charge on any atom is 0.416 e. The van der Waals surface area contributed by atoms with Gasteiger partial charge in [-0.05, 0) is 59.7 Å². The number of fused-ring (bicyclic) bond motifs is 1. The van der Waals surface area contributed by atoms with Crippen LogP contribution in [0.1, 0.15) is 25.6 Å². The Labute approximate surface area is 166 Å². The van der Waals surface area contributed by atoms with E-state index >= 15 is 0 Å². The highest BCUT2D eigenvalue weighted by atomic mass is 79.9. The van der Waals surface area contributed by atoms with E-state index in [0.717, 1.165) is 4.88 Å². The molecule has 0 saturated heterocycles. The molecule has 0 fully saturated rings. The molecule has 0 aliphatic heterocycles. The van der Waals surface area contributed by atoms with Gasteiger partial charge in [-0.25, -0.2) is 13.7 Å². The molecule has 138 valence electrons. The van der Waals surface area contributed by atoms with Gasteiger partial charge in [-0.1, -0.05) is 6.07 Å². The molecule has 6 nitrogen and oxygen atoms in total. The van der Waals surface area contributed by atoms with Gasteiger partial charge >= 0.3 is 6.09 Å². The summed E-state index contributed by atoms with van der Waals surface area (Å²) in [5.41, 5.74) is -0.692. The van der Waals surface area contributed by atoms with E-state index in [9.17, 15) is 9.18 Å². The lowest BCUT2D eigenvalue weighted by Crippen LogP contribution is -2.37. The fraction of sp³-hybridized carbons (Fsp3) is 0.312. The third kappa shape index (κ3) is 3.99. The van der Waals surface area contributed by atoms with Gasteiger partial charge in [0.15, 0.2) is 11.6 Å². The first-order valence-corrected chi connectivity index (χ1v) is 9.63. The smallest absolute Gasteiger partial charge is 0.416 e. The van der Waals surface area contributed by atoms with Crippen molar-refractivity contribution >= 4 is 56.3 Å². The number of anilines is 1. The van der Waals surface area contributed by atoms with Gasteiger partial charge in [-0.15, -0.1) is 16.4 Å². The summed E-state index contributed by atoms with van der Waals surface area (Å²) in [6.07, 6.45) is 0.763. The summed E-state index contributed by atoms with van der Waals surface area (Å²) in [7, 11) is 0. The number of hydrogen-bond acceptors (Lipinski definition) is 5. The van der Waals surface area contributed by atoms with E-state index in [0.29, 0.717) is 0 Å². The molecule has 0 aromatic carbocycles. The Morgan fingerprint density at radius 3 is 2.85 bits per heavy atom. The molecule has 0 radical (unpaired) electrons. The quantitative estimate of drug-likeness (QED) is 0.532. The first kappa shape index (κ1) is 19.1. The van der Waals surface area contributed by atoms with Gasteiger partial charge in [0.25, 0.3) is 0 Å². The molecule has 26 heavy (non-hydrogen) atoms. The van der Waals surface area contributed by atoms with Crippen molar-refractivity contribution in [3.05, 3.63) is 44.2 Å². The molecule has 3 aromatic rings. The molecule has 0 spiro atoms. The Morgan fingerprint density at radius 1 is 1.50 bits per heavy atom. The van der Waals surface area contributed by atoms with Gasteiger partial charge in [-0.3, -0.25) is 4.90 Å². The first-order valence-electron chi connectivity index (χ1n) is 7.58. The van der Waals surface area contributed by atoms with Crippen molar-refractivity contribution in [2.75, 3.05) is 4.90 Å². The van der Waals surface area contributed by atoms with Crippen molar-refractivity contribution < 1.29 is 13.9 Å². The number of carbonyl (C=O) groups excluding carboxylic acids is 1. The van der Waals surface area contributed by atoms with E-state index in [1.807, 2.05) is 17.5 Å². The van der Waals surface area contributed by atoms with Gasteiger partial charge in [0.1, 0.15) is 11.1 Å². The molecule has 3 rings (SSSR count). The van der Waals surface area contributed by atoms with E-state index in [1.54, 1.807) is 20.8 Å². The number of aromatic nitrogens is 3. The molecule has 0 aliphatic carbocycles. The fourth-order valence-electron chi connectivity index (χ4n) is 2.26. The van der Waals surface area contributed by atoms with Crippen molar-refractivity contribution in [2.24, 2.45) is 0 Å². The van der Waals surface area contributed by atoms with E-state index in [2.05, 4.69) is 26.0 Å². The monoisotopic (exact) mass is 460 g/mol. The lowest BCUT2D eigenvalue weighted by molar-refractivity contribution is 0.0577. The maximum absolute atomic E-state index is 14.6. The zero-order valence-electron chi connectivity index (χ0n) is 14.2. The summed E-state index contributed by atoms with van der Waals surface area (Å²) in [6.45, 7) is 5.43. The van der Waals surface area contributed by atoms with Crippen LogP contribution in [0.25, 0.3) is 5.52 Å². The van der Waals surface area contributed by atoms with Gasteiger partial charge < -0.3 is 4.74 Å². The minimum absolute atomic E-state index is 0.0312. The second-order valence-electron chi connectivity index (χ2n) is 6.43. The van der Waals surface area contributed by atoms with Crippen LogP contribution in [0.2, 0.25) is 5.28 Å². The molecule has 0 N–H and O–H groups in total. The van der Waals surface area contributed by atoms with Crippen LogP contribution in [0.4, 0.5) is 15.0 Å². The van der Waals surface area contributed by atoms with Crippen LogP contribution in [0, 0.1) is 5.82 Å². The molecule has 0 unspecified atom stereocenters. The Bertz CT molecular complexity index is 955. The van der Waals surface area contributed by atoms with Crippen LogP contribution in [0.15, 0.2) is 28.2 Å². The van der Waals surface area contributed by atoms with Crippen LogP contribution in [-0.4, -0.2) is 26.3 Å². The Kier molecular flexibility index (Phi) is 5.23. The third-order valence-corrected chi connectivity index (χ3v) is 4.82. The molecule has 0 atom stereocenters. The van der Waals surface area contributed by atoms with Crippen molar-refractivity contribution in [3.63, 3.8) is 0 Å². The predicted molar refractivity (Wildman–Crippen MR) is 102 cm³/mol. The molecule has 3 heterocycles. The van der Waals surface area contributed by atoms with Crippen LogP contribution >= 0.6 is 38.9 Å². The SMILES string of the molecule is CC(C)(C)OC(=O)N(Cc1cccs1)c1nc(Cl)nn2cc(Br)c(F)c12. The van der Waals surface area contributed by atoms with E-state index in [-0.39, 0.29) is 27.6 Å². The molecule has 3 aromatic heterocycles. The van der Waals surface area contributed by atoms with Gasteiger partial charge in [0.05, 0.1) is 11.0 Å². The zero-order valence-corrected chi connectivity index (χ0v) is 17.3. The fourth-order valence-corrected chi connectivity index (χ4v) is 3.50. The normalized spacial score (nSPS) is 11.8. The Morgan fingerprint density at radius 2 is 2.23 bits per heavy atom. The number of amides is 1. The highest BCUT2D eigenvalue weighted by Crippen LogP contribution is 2.31. The van der Waals surface area contributed by atoms with Crippen LogP contribution < -0.4 is 4.90 Å². The summed E-state index contributed by atoms with van der Waals surface area (Å²) in [4.78, 5) is 19.1. The Hall–Kier alpha value is -1.71. The topological polar surface area (TPSA) is 59.7 Å². The number of carbonyl (C=O) groups is 1. The minimum Gasteiger partial charge on any atom is -0.443 e. The van der Waals surface area contributed by atoms with Crippen LogP contribution in [0.3, 0.4) is 0 Å². The molecule has 0 saturated carbocycles.